The number of nitrogens with zero attached hydrogens (tertiary/aromatic N) is 1. The van der Waals surface area contributed by atoms with Gasteiger partial charge in [-0.05, 0) is 36.4 Å². The lowest BCUT2D eigenvalue weighted by molar-refractivity contribution is 0.102. The zero-order valence-electron chi connectivity index (χ0n) is 10.6. The molecule has 0 saturated carbocycles. The van der Waals surface area contributed by atoms with Gasteiger partial charge in [-0.25, -0.2) is 4.98 Å². The molecule has 0 aliphatic rings. The first-order valence-corrected chi connectivity index (χ1v) is 7.18. The fourth-order valence-corrected chi connectivity index (χ4v) is 2.96. The first-order chi connectivity index (χ1) is 10.0. The first-order valence-electron chi connectivity index (χ1n) is 5.99. The van der Waals surface area contributed by atoms with Gasteiger partial charge in [0.1, 0.15) is 5.75 Å². The van der Waals surface area contributed by atoms with Crippen molar-refractivity contribution < 1.29 is 9.90 Å². The van der Waals surface area contributed by atoms with Crippen LogP contribution < -0.4 is 11.1 Å². The Bertz CT molecular complexity index is 847. The average Bonchev–Trinajstić information content (AvgIpc) is 2.82. The van der Waals surface area contributed by atoms with Gasteiger partial charge in [0.2, 0.25) is 0 Å². The summed E-state index contributed by atoms with van der Waals surface area (Å²) < 4.78 is 0.882. The molecular weight excluding hydrogens is 310 g/mol. The van der Waals surface area contributed by atoms with E-state index in [0.717, 1.165) is 10.2 Å². The molecule has 0 bridgehead atoms. The van der Waals surface area contributed by atoms with E-state index in [1.807, 2.05) is 0 Å². The van der Waals surface area contributed by atoms with E-state index < -0.39 is 5.91 Å². The lowest BCUT2D eigenvalue weighted by Gasteiger charge is -2.04. The van der Waals surface area contributed by atoms with Crippen LogP contribution in [0.15, 0.2) is 36.4 Å². The van der Waals surface area contributed by atoms with Gasteiger partial charge >= 0.3 is 0 Å². The Hall–Kier alpha value is -2.31. The third kappa shape index (κ3) is 2.76. The summed E-state index contributed by atoms with van der Waals surface area (Å²) >= 11 is 7.27. The highest BCUT2D eigenvalue weighted by molar-refractivity contribution is 7.22. The van der Waals surface area contributed by atoms with Crippen molar-refractivity contribution in [3.8, 4) is 5.75 Å². The molecule has 1 amide bonds. The number of carbonyl (C=O) groups is 1. The molecule has 0 atom stereocenters. The molecule has 0 unspecified atom stereocenters. The number of nitrogens with one attached hydrogen (secondary N) is 1. The molecule has 0 fully saturated rings. The number of halogens is 1. The molecule has 4 N–H and O–H groups in total. The second-order valence-electron chi connectivity index (χ2n) is 4.36. The average molecular weight is 320 g/mol. The van der Waals surface area contributed by atoms with Crippen LogP contribution in [0.2, 0.25) is 5.02 Å². The molecule has 0 radical (unpaired) electrons. The summed E-state index contributed by atoms with van der Waals surface area (Å²) in [5.74, 6) is -0.454. The van der Waals surface area contributed by atoms with Crippen molar-refractivity contribution in [1.29, 1.82) is 0 Å². The lowest BCUT2D eigenvalue weighted by Crippen LogP contribution is -2.12. The SMILES string of the molecule is Nc1ccc2nc(NC(=O)c3cc(O)ccc3Cl)sc2c1. The van der Waals surface area contributed by atoms with E-state index in [4.69, 9.17) is 17.3 Å². The van der Waals surface area contributed by atoms with E-state index in [1.165, 1.54) is 29.5 Å². The Morgan fingerprint density at radius 3 is 2.90 bits per heavy atom. The zero-order valence-corrected chi connectivity index (χ0v) is 12.2. The number of thiazole rings is 1. The van der Waals surface area contributed by atoms with E-state index in [9.17, 15) is 9.90 Å². The molecule has 3 aromatic rings. The van der Waals surface area contributed by atoms with E-state index >= 15 is 0 Å². The summed E-state index contributed by atoms with van der Waals surface area (Å²) in [7, 11) is 0. The molecule has 1 heterocycles. The number of phenolic OH excluding ortho intramolecular Hbond substituents is 1. The van der Waals surface area contributed by atoms with Gasteiger partial charge in [0.15, 0.2) is 5.13 Å². The minimum atomic E-state index is -0.428. The standard InChI is InChI=1S/C14H10ClN3O2S/c15-10-3-2-8(19)6-9(10)13(20)18-14-17-11-4-1-7(16)5-12(11)21-14/h1-6,19H,16H2,(H,17,18,20). The number of amides is 1. The Labute approximate surface area is 129 Å². The van der Waals surface area contributed by atoms with E-state index in [0.29, 0.717) is 10.8 Å². The van der Waals surface area contributed by atoms with Crippen molar-refractivity contribution >= 4 is 49.9 Å². The van der Waals surface area contributed by atoms with Crippen molar-refractivity contribution in [2.24, 2.45) is 0 Å². The molecule has 0 aliphatic heterocycles. The maximum absolute atomic E-state index is 12.2. The lowest BCUT2D eigenvalue weighted by atomic mass is 10.2. The summed E-state index contributed by atoms with van der Waals surface area (Å²) in [6.07, 6.45) is 0. The fourth-order valence-electron chi connectivity index (χ4n) is 1.85. The number of aromatic nitrogens is 1. The summed E-state index contributed by atoms with van der Waals surface area (Å²) in [4.78, 5) is 16.5. The Morgan fingerprint density at radius 1 is 1.29 bits per heavy atom. The van der Waals surface area contributed by atoms with Crippen LogP contribution in [0.1, 0.15) is 10.4 Å². The van der Waals surface area contributed by atoms with Gasteiger partial charge in [0.25, 0.3) is 5.91 Å². The number of nitrogen functional groups attached to an aromatic ring is 1. The molecule has 3 rings (SSSR count). The quantitative estimate of drug-likeness (QED) is 0.631. The first kappa shape index (κ1) is 13.7. The van der Waals surface area contributed by atoms with Gasteiger partial charge in [-0.1, -0.05) is 22.9 Å². The number of carbonyl (C=O) groups excluding carboxylic acids is 1. The van der Waals surface area contributed by atoms with Crippen molar-refractivity contribution in [2.45, 2.75) is 0 Å². The van der Waals surface area contributed by atoms with Crippen molar-refractivity contribution in [3.05, 3.63) is 47.0 Å². The molecule has 1 aromatic heterocycles. The fraction of sp³-hybridized carbons (Fsp3) is 0. The van der Waals surface area contributed by atoms with Gasteiger partial charge in [-0.15, -0.1) is 0 Å². The Balaban J connectivity index is 1.90. The van der Waals surface area contributed by atoms with Gasteiger partial charge < -0.3 is 10.8 Å². The molecule has 106 valence electrons. The highest BCUT2D eigenvalue weighted by Crippen LogP contribution is 2.29. The highest BCUT2D eigenvalue weighted by Gasteiger charge is 2.14. The molecule has 0 spiro atoms. The third-order valence-corrected chi connectivity index (χ3v) is 4.09. The number of phenols is 1. The van der Waals surface area contributed by atoms with Crippen LogP contribution in [0.3, 0.4) is 0 Å². The maximum Gasteiger partial charge on any atom is 0.259 e. The van der Waals surface area contributed by atoms with Gasteiger partial charge in [-0.2, -0.15) is 0 Å². The zero-order chi connectivity index (χ0) is 15.0. The van der Waals surface area contributed by atoms with Crippen LogP contribution >= 0.6 is 22.9 Å². The molecule has 0 aliphatic carbocycles. The third-order valence-electron chi connectivity index (χ3n) is 2.83. The molecule has 5 nitrogen and oxygen atoms in total. The molecular formula is C14H10ClN3O2S. The number of rotatable bonds is 2. The van der Waals surface area contributed by atoms with Crippen molar-refractivity contribution in [3.63, 3.8) is 0 Å². The van der Waals surface area contributed by atoms with Crippen LogP contribution in [0.25, 0.3) is 10.2 Å². The smallest absolute Gasteiger partial charge is 0.259 e. The number of fused-ring (bicyclic) bond motifs is 1. The number of benzene rings is 2. The topological polar surface area (TPSA) is 88.2 Å². The minimum absolute atomic E-state index is 0.0263. The second kappa shape index (κ2) is 5.23. The normalized spacial score (nSPS) is 10.7. The second-order valence-corrected chi connectivity index (χ2v) is 5.80. The number of aromatic hydroxyl groups is 1. The number of hydrogen-bond donors (Lipinski definition) is 3. The van der Waals surface area contributed by atoms with Crippen LogP contribution in [-0.4, -0.2) is 16.0 Å². The maximum atomic E-state index is 12.2. The summed E-state index contributed by atoms with van der Waals surface area (Å²) in [5.41, 5.74) is 7.29. The van der Waals surface area contributed by atoms with E-state index in [2.05, 4.69) is 10.3 Å². The van der Waals surface area contributed by atoms with Crippen LogP contribution in [-0.2, 0) is 0 Å². The van der Waals surface area contributed by atoms with Crippen LogP contribution in [0.4, 0.5) is 10.8 Å². The van der Waals surface area contributed by atoms with Crippen LogP contribution in [0, 0.1) is 0 Å². The van der Waals surface area contributed by atoms with E-state index in [-0.39, 0.29) is 16.3 Å². The largest absolute Gasteiger partial charge is 0.508 e. The van der Waals surface area contributed by atoms with Gasteiger partial charge in [0, 0.05) is 5.69 Å². The number of anilines is 2. The monoisotopic (exact) mass is 319 g/mol. The van der Waals surface area contributed by atoms with E-state index in [1.54, 1.807) is 18.2 Å². The van der Waals surface area contributed by atoms with Gasteiger partial charge in [-0.3, -0.25) is 10.1 Å². The molecule has 0 saturated heterocycles. The number of nitrogens with two attached hydrogens (primary N) is 1. The van der Waals surface area contributed by atoms with Crippen molar-refractivity contribution in [1.82, 2.24) is 4.98 Å². The van der Waals surface area contributed by atoms with Crippen molar-refractivity contribution in [2.75, 3.05) is 11.1 Å². The number of hydrogen-bond acceptors (Lipinski definition) is 5. The molecule has 2 aromatic carbocycles. The molecule has 7 heteroatoms. The molecule has 21 heavy (non-hydrogen) atoms. The summed E-state index contributed by atoms with van der Waals surface area (Å²) in [6, 6.07) is 9.52. The summed E-state index contributed by atoms with van der Waals surface area (Å²) in [6.45, 7) is 0. The highest BCUT2D eigenvalue weighted by atomic mass is 35.5. The van der Waals surface area contributed by atoms with Crippen LogP contribution in [0.5, 0.6) is 5.75 Å². The minimum Gasteiger partial charge on any atom is -0.508 e. The summed E-state index contributed by atoms with van der Waals surface area (Å²) in [5, 5.41) is 12.8. The predicted molar refractivity (Wildman–Crippen MR) is 85.1 cm³/mol. The predicted octanol–water partition coefficient (Wildman–Crippen LogP) is 3.49. The Morgan fingerprint density at radius 2 is 2.10 bits per heavy atom. The Kier molecular flexibility index (Phi) is 3.40. The van der Waals surface area contributed by atoms with Gasteiger partial charge in [0.05, 0.1) is 20.8 Å².